The highest BCUT2D eigenvalue weighted by atomic mass is 16.7. The lowest BCUT2D eigenvalue weighted by Gasteiger charge is -2.67. The van der Waals surface area contributed by atoms with E-state index in [9.17, 15) is 50.8 Å². The molecule has 9 N–H and O–H groups in total. The number of aliphatic hydroxyl groups excluding tert-OH is 7. The van der Waals surface area contributed by atoms with Crippen molar-refractivity contribution >= 4 is 5.97 Å². The van der Waals surface area contributed by atoms with Crippen molar-refractivity contribution in [1.82, 2.24) is 0 Å². The molecule has 49 heavy (non-hydrogen) atoms. The fourth-order valence-corrected chi connectivity index (χ4v) is 11.2. The van der Waals surface area contributed by atoms with Crippen LogP contribution in [0.1, 0.15) is 65.2 Å². The molecule has 0 amide bonds. The molecule has 7 aliphatic rings. The Bertz CT molecular complexity index is 1300. The highest BCUT2D eigenvalue weighted by molar-refractivity contribution is 5.85. The van der Waals surface area contributed by atoms with Crippen molar-refractivity contribution in [2.24, 2.45) is 28.6 Å². The summed E-state index contributed by atoms with van der Waals surface area (Å²) in [6.45, 7) is 3.19. The first-order valence-corrected chi connectivity index (χ1v) is 17.7. The van der Waals surface area contributed by atoms with Gasteiger partial charge in [-0.25, -0.2) is 4.79 Å². The van der Waals surface area contributed by atoms with Gasteiger partial charge >= 0.3 is 5.97 Å². The number of carbonyl (C=O) groups is 1. The van der Waals surface area contributed by atoms with Crippen molar-refractivity contribution in [3.05, 3.63) is 11.6 Å². The van der Waals surface area contributed by atoms with E-state index in [1.54, 1.807) is 0 Å². The largest absolute Gasteiger partial charge is 0.458 e. The van der Waals surface area contributed by atoms with E-state index in [1.165, 1.54) is 6.08 Å². The van der Waals surface area contributed by atoms with Gasteiger partial charge in [0.15, 0.2) is 12.6 Å². The van der Waals surface area contributed by atoms with Gasteiger partial charge in [-0.05, 0) is 68.3 Å². The summed E-state index contributed by atoms with van der Waals surface area (Å²) >= 11 is 0. The van der Waals surface area contributed by atoms with Crippen LogP contribution in [0, 0.1) is 28.6 Å². The van der Waals surface area contributed by atoms with Gasteiger partial charge in [0.1, 0.15) is 49.3 Å². The van der Waals surface area contributed by atoms with Crippen LogP contribution in [0.15, 0.2) is 11.6 Å². The van der Waals surface area contributed by atoms with E-state index in [-0.39, 0.29) is 37.4 Å². The van der Waals surface area contributed by atoms with E-state index in [1.807, 2.05) is 13.8 Å². The fourth-order valence-electron chi connectivity index (χ4n) is 11.2. The summed E-state index contributed by atoms with van der Waals surface area (Å²) in [7, 11) is 0. The number of carbonyl (C=O) groups excluding carboxylic acids is 1. The summed E-state index contributed by atoms with van der Waals surface area (Å²) in [6.07, 6.45) is -9.88. The third-order valence-corrected chi connectivity index (χ3v) is 13.9. The van der Waals surface area contributed by atoms with Gasteiger partial charge in [-0.15, -0.1) is 0 Å². The summed E-state index contributed by atoms with van der Waals surface area (Å²) in [5, 5.41) is 98.8. The van der Waals surface area contributed by atoms with Gasteiger partial charge in [0.05, 0.1) is 36.6 Å². The van der Waals surface area contributed by atoms with Crippen molar-refractivity contribution in [2.75, 3.05) is 19.8 Å². The van der Waals surface area contributed by atoms with Gasteiger partial charge in [-0.2, -0.15) is 0 Å². The van der Waals surface area contributed by atoms with Gasteiger partial charge in [-0.1, -0.05) is 13.8 Å². The van der Waals surface area contributed by atoms with E-state index >= 15 is 0 Å². The summed E-state index contributed by atoms with van der Waals surface area (Å²) in [4.78, 5) is 11.9. The summed E-state index contributed by atoms with van der Waals surface area (Å²) < 4.78 is 28.1. The molecule has 18 atom stereocenters. The second-order valence-electron chi connectivity index (χ2n) is 16.2. The topological polar surface area (TPSA) is 245 Å². The number of ether oxygens (including phenoxy) is 5. The predicted octanol–water partition coefficient (Wildman–Crippen LogP) is -2.02. The molecule has 278 valence electrons. The Morgan fingerprint density at radius 3 is 2.27 bits per heavy atom. The summed E-state index contributed by atoms with van der Waals surface area (Å²) in [6, 6.07) is 0. The molecule has 3 aliphatic heterocycles. The van der Waals surface area contributed by atoms with E-state index in [4.69, 9.17) is 23.7 Å². The molecule has 4 saturated carbocycles. The Kier molecular flexibility index (Phi) is 9.33. The predicted molar refractivity (Wildman–Crippen MR) is 164 cm³/mol. The Morgan fingerprint density at radius 2 is 1.57 bits per heavy atom. The van der Waals surface area contributed by atoms with Gasteiger partial charge in [0.25, 0.3) is 0 Å². The minimum atomic E-state index is -1.66. The zero-order valence-corrected chi connectivity index (χ0v) is 27.9. The van der Waals surface area contributed by atoms with Gasteiger partial charge in [0, 0.05) is 23.3 Å². The van der Waals surface area contributed by atoms with Gasteiger partial charge in [-0.3, -0.25) is 0 Å². The van der Waals surface area contributed by atoms with Crippen LogP contribution in [0.25, 0.3) is 0 Å². The monoisotopic (exact) mass is 700 g/mol. The molecule has 2 saturated heterocycles. The molecule has 15 heteroatoms. The maximum absolute atomic E-state index is 12.5. The van der Waals surface area contributed by atoms with E-state index in [0.29, 0.717) is 44.9 Å². The molecule has 7 rings (SSSR count). The quantitative estimate of drug-likeness (QED) is 0.107. The van der Waals surface area contributed by atoms with Crippen molar-refractivity contribution < 1.29 is 74.4 Å². The molecule has 0 radical (unpaired) electrons. The molecule has 6 fully saturated rings. The first-order valence-electron chi connectivity index (χ1n) is 17.7. The van der Waals surface area contributed by atoms with Crippen LogP contribution in [-0.2, 0) is 28.5 Å². The fraction of sp³-hybridized carbons (Fsp3) is 0.912. The van der Waals surface area contributed by atoms with Crippen LogP contribution in [0.2, 0.25) is 0 Å². The van der Waals surface area contributed by atoms with Crippen LogP contribution in [0.4, 0.5) is 0 Å². The number of fused-ring (bicyclic) bond motifs is 5. The third kappa shape index (κ3) is 5.46. The Labute approximate surface area is 284 Å². The number of cyclic esters (lactones) is 1. The van der Waals surface area contributed by atoms with E-state index < -0.39 is 102 Å². The highest BCUT2D eigenvalue weighted by Crippen LogP contribution is 2.70. The zero-order chi connectivity index (χ0) is 35.3. The molecule has 0 bridgehead atoms. The number of esters is 1. The van der Waals surface area contributed by atoms with Crippen LogP contribution in [0.3, 0.4) is 0 Å². The average Bonchev–Trinajstić information content (AvgIpc) is 3.60. The third-order valence-electron chi connectivity index (χ3n) is 13.9. The van der Waals surface area contributed by atoms with E-state index in [0.717, 1.165) is 5.57 Å². The van der Waals surface area contributed by atoms with Crippen molar-refractivity contribution in [1.29, 1.82) is 0 Å². The van der Waals surface area contributed by atoms with E-state index in [2.05, 4.69) is 0 Å². The Balaban J connectivity index is 1.03. The summed E-state index contributed by atoms with van der Waals surface area (Å²) in [5.74, 6) is -1.15. The molecule has 0 aromatic carbocycles. The summed E-state index contributed by atoms with van der Waals surface area (Å²) in [5.41, 5.74) is -2.96. The number of hydrogen-bond donors (Lipinski definition) is 9. The smallest absolute Gasteiger partial charge is 0.331 e. The number of aliphatic hydroxyl groups is 9. The van der Waals surface area contributed by atoms with Gasteiger partial charge in [0.2, 0.25) is 0 Å². The minimum Gasteiger partial charge on any atom is -0.458 e. The van der Waals surface area contributed by atoms with Crippen molar-refractivity contribution in [2.45, 2.75) is 144 Å². The molecule has 3 heterocycles. The highest BCUT2D eigenvalue weighted by Gasteiger charge is 2.72. The lowest BCUT2D eigenvalue weighted by atomic mass is 9.41. The molecule has 0 aromatic heterocycles. The van der Waals surface area contributed by atoms with Crippen LogP contribution in [-0.4, -0.2) is 150 Å². The van der Waals surface area contributed by atoms with Gasteiger partial charge < -0.3 is 69.6 Å². The van der Waals surface area contributed by atoms with Crippen LogP contribution in [0.5, 0.6) is 0 Å². The van der Waals surface area contributed by atoms with Crippen LogP contribution < -0.4 is 0 Å². The Morgan fingerprint density at radius 1 is 0.837 bits per heavy atom. The van der Waals surface area contributed by atoms with Crippen LogP contribution >= 0.6 is 0 Å². The number of hydrogen-bond acceptors (Lipinski definition) is 15. The standard InChI is InChI=1S/C34H52O15/c1-31-6-3-16(47-30-27(42)25(40)28(21(12-35)48-30)49-29-26(41)24(39)20(37)14-46-29)10-33(31,43)7-4-18-23(31)19(36)11-32(2)17(5-8-34(18,32)44)15-9-22(38)45-13-15/h9,16-21,23-30,35-37,39-44H,3-8,10-14H2,1-2H3. The molecule has 4 aliphatic carbocycles. The maximum Gasteiger partial charge on any atom is 0.331 e. The lowest BCUT2D eigenvalue weighted by Crippen LogP contribution is -2.71. The molecule has 0 aromatic rings. The van der Waals surface area contributed by atoms with Crippen molar-refractivity contribution in [3.8, 4) is 0 Å². The molecule has 0 spiro atoms. The molecular weight excluding hydrogens is 648 g/mol. The Hall–Kier alpha value is -1.31. The first-order chi connectivity index (χ1) is 23.1. The SMILES string of the molecule is CC12CCC(OC3OC(CO)C(OC4OCC(O)C(O)C4O)C(O)C3O)CC1(O)CCC1C2C(O)CC2(C)C(C3=CC(=O)OC3)CCC12O. The second-order valence-corrected chi connectivity index (χ2v) is 16.2. The maximum atomic E-state index is 12.5. The average molecular weight is 701 g/mol. The molecule has 15 nitrogen and oxygen atoms in total. The normalized spacial score (nSPS) is 56.0. The molecule has 18 unspecified atom stereocenters. The first kappa shape index (κ1) is 36.1. The second kappa shape index (κ2) is 12.7. The zero-order valence-electron chi connectivity index (χ0n) is 27.9. The molecular formula is C34H52O15. The minimum absolute atomic E-state index is 0.0953. The lowest BCUT2D eigenvalue weighted by molar-refractivity contribution is -0.358. The number of rotatable bonds is 6. The van der Waals surface area contributed by atoms with Crippen molar-refractivity contribution in [3.63, 3.8) is 0 Å².